The van der Waals surface area contributed by atoms with Crippen LogP contribution in [0.4, 0.5) is 0 Å². The fourth-order valence-corrected chi connectivity index (χ4v) is 5.75. The van der Waals surface area contributed by atoms with Gasteiger partial charge in [-0.3, -0.25) is 24.4 Å². The normalized spacial score (nSPS) is 12.4. The van der Waals surface area contributed by atoms with E-state index >= 15 is 0 Å². The van der Waals surface area contributed by atoms with Crippen LogP contribution < -0.4 is 0 Å². The van der Waals surface area contributed by atoms with Gasteiger partial charge in [-0.05, 0) is 29.7 Å². The highest BCUT2D eigenvalue weighted by atomic mass is 32.1. The van der Waals surface area contributed by atoms with Crippen molar-refractivity contribution in [1.29, 1.82) is 0 Å². The molecule has 7 aromatic rings. The zero-order valence-corrected chi connectivity index (χ0v) is 21.2. The van der Waals surface area contributed by atoms with Crippen LogP contribution in [0.5, 0.6) is 0 Å². The summed E-state index contributed by atoms with van der Waals surface area (Å²) in [5, 5.41) is 11.0. The summed E-state index contributed by atoms with van der Waals surface area (Å²) in [5.41, 5.74) is 4.12. The highest BCUT2D eigenvalue weighted by Crippen LogP contribution is 2.31. The Kier molecular flexibility index (Phi) is 4.58. The summed E-state index contributed by atoms with van der Waals surface area (Å²) < 4.78 is 2.74. The van der Waals surface area contributed by atoms with Gasteiger partial charge in [0.25, 0.3) is 0 Å². The maximum Gasteiger partial charge on any atom is 0.232 e. The number of nitrogens with zero attached hydrogens (tertiary/aromatic N) is 6. The molecule has 0 radical (unpaired) electrons. The summed E-state index contributed by atoms with van der Waals surface area (Å²) >= 11 is 1.53. The number of hydrogen-bond donors (Lipinski definition) is 2. The number of rotatable bonds is 1. The third-order valence-corrected chi connectivity index (χ3v) is 7.46. The van der Waals surface area contributed by atoms with E-state index in [0.717, 1.165) is 42.1 Å². The fourth-order valence-electron chi connectivity index (χ4n) is 4.69. The zero-order valence-electron chi connectivity index (χ0n) is 20.4. The number of hydrogen-bond acceptors (Lipinski definition) is 7. The fraction of sp³-hybridized carbons (Fsp3) is 0.185. The number of thiophene rings is 1. The Hall–Kier alpha value is -4.44. The molecule has 0 spiro atoms. The molecule has 0 aliphatic heterocycles. The minimum atomic E-state index is -0.174. The molecule has 0 fully saturated rings. The van der Waals surface area contributed by atoms with Crippen molar-refractivity contribution in [3.63, 3.8) is 0 Å². The van der Waals surface area contributed by atoms with Crippen molar-refractivity contribution in [2.45, 2.75) is 27.2 Å². The lowest BCUT2D eigenvalue weighted by atomic mass is 9.92. The maximum atomic E-state index is 13.7. The standard InChI is InChI=1S/C27H22N8OS/c1-27(2,3)8-21(36)35-16-6-14(9-28-11-16)15-7-17-24(33-34-25(17)30-10-15)26-31-19-13-29-12-18(23(19)32-26)20-4-5-22(35)37-20/h4-7,9-13H,8H2,1-3H3,(H,31,32)(H,30,33,34). The number of imidazole rings is 1. The van der Waals surface area contributed by atoms with Crippen molar-refractivity contribution in [2.24, 2.45) is 5.41 Å². The lowest BCUT2D eigenvalue weighted by Crippen LogP contribution is -2.19. The van der Waals surface area contributed by atoms with Crippen LogP contribution in [0, 0.1) is 5.41 Å². The van der Waals surface area contributed by atoms with Gasteiger partial charge in [0.15, 0.2) is 11.3 Å². The van der Waals surface area contributed by atoms with Gasteiger partial charge in [0.05, 0.1) is 28.8 Å². The molecule has 0 aromatic carbocycles. The van der Waals surface area contributed by atoms with Crippen LogP contribution in [0.3, 0.4) is 0 Å². The first-order valence-corrected chi connectivity index (χ1v) is 12.7. The summed E-state index contributed by atoms with van der Waals surface area (Å²) in [4.78, 5) is 36.4. The molecule has 2 N–H and O–H groups in total. The lowest BCUT2D eigenvalue weighted by molar-refractivity contribution is 0.0867. The minimum absolute atomic E-state index is 0.00764. The lowest BCUT2D eigenvalue weighted by Gasteiger charge is -2.18. The van der Waals surface area contributed by atoms with Crippen LogP contribution in [0.25, 0.3) is 64.4 Å². The molecule has 10 heteroatoms. The average Bonchev–Trinajstić information content (AvgIpc) is 3.60. The number of carbonyl (C=O) groups is 1. The average molecular weight is 507 g/mol. The number of carbonyl (C=O) groups excluding carboxylic acids is 1. The van der Waals surface area contributed by atoms with Crippen molar-refractivity contribution >= 4 is 81.7 Å². The Morgan fingerprint density at radius 2 is 1.78 bits per heavy atom. The summed E-state index contributed by atoms with van der Waals surface area (Å²) in [7, 11) is 0. The van der Waals surface area contributed by atoms with Crippen LogP contribution in [0.1, 0.15) is 32.0 Å². The molecule has 9 nitrogen and oxygen atoms in total. The van der Waals surface area contributed by atoms with Gasteiger partial charge in [0.2, 0.25) is 5.91 Å². The van der Waals surface area contributed by atoms with E-state index in [4.69, 9.17) is 4.98 Å². The molecule has 8 bridgehead atoms. The van der Waals surface area contributed by atoms with Crippen LogP contribution in [-0.2, 0) is 0 Å². The second-order valence-electron chi connectivity index (χ2n) is 10.4. The number of nitrogens with one attached hydrogen (secondary N) is 2. The molecule has 0 saturated heterocycles. The molecule has 0 saturated carbocycles. The van der Waals surface area contributed by atoms with Crippen LogP contribution in [-0.4, -0.2) is 45.6 Å². The smallest absolute Gasteiger partial charge is 0.232 e. The Labute approximate surface area is 213 Å². The predicted molar refractivity (Wildman–Crippen MR) is 147 cm³/mol. The monoisotopic (exact) mass is 506 g/mol. The van der Waals surface area contributed by atoms with E-state index in [1.807, 2.05) is 30.5 Å². The highest BCUT2D eigenvalue weighted by Gasteiger charge is 2.19. The first kappa shape index (κ1) is 21.8. The summed E-state index contributed by atoms with van der Waals surface area (Å²) in [6.45, 7) is 6.20. The maximum absolute atomic E-state index is 13.7. The molecular formula is C27H22N8OS. The van der Waals surface area contributed by atoms with Crippen LogP contribution >= 0.6 is 11.3 Å². The van der Waals surface area contributed by atoms with Crippen LogP contribution in [0.2, 0.25) is 0 Å². The van der Waals surface area contributed by atoms with Crippen molar-refractivity contribution in [3.05, 3.63) is 55.2 Å². The summed E-state index contributed by atoms with van der Waals surface area (Å²) in [6.07, 6.45) is 9.27. The molecule has 37 heavy (non-hydrogen) atoms. The van der Waals surface area contributed by atoms with Gasteiger partial charge in [-0.2, -0.15) is 5.10 Å². The quantitative estimate of drug-likeness (QED) is 0.270. The number of fused-ring (bicyclic) bond motifs is 9. The second-order valence-corrected chi connectivity index (χ2v) is 11.5. The molecule has 0 aliphatic carbocycles. The topological polar surface area (TPSA) is 118 Å². The van der Waals surface area contributed by atoms with Crippen molar-refractivity contribution in [2.75, 3.05) is 0 Å². The van der Waals surface area contributed by atoms with E-state index < -0.39 is 0 Å². The first-order valence-electron chi connectivity index (χ1n) is 11.9. The third-order valence-electron chi connectivity index (χ3n) is 6.36. The largest absolute Gasteiger partial charge is 0.335 e. The highest BCUT2D eigenvalue weighted by molar-refractivity contribution is 7.24. The van der Waals surface area contributed by atoms with Crippen LogP contribution in [0.15, 0.2) is 55.2 Å². The Morgan fingerprint density at radius 1 is 0.946 bits per heavy atom. The van der Waals surface area contributed by atoms with Crippen molar-refractivity contribution in [1.82, 2.24) is 39.7 Å². The van der Waals surface area contributed by atoms with Gasteiger partial charge in [0.1, 0.15) is 15.9 Å². The molecule has 0 atom stereocenters. The Balaban J connectivity index is 1.72. The molecule has 0 amide bonds. The molecular weight excluding hydrogens is 484 g/mol. The van der Waals surface area contributed by atoms with E-state index in [9.17, 15) is 4.79 Å². The third kappa shape index (κ3) is 3.60. The number of H-pyrrole nitrogens is 2. The van der Waals surface area contributed by atoms with Crippen molar-refractivity contribution < 1.29 is 4.79 Å². The molecule has 7 heterocycles. The Bertz CT molecular complexity index is 2090. The molecule has 182 valence electrons. The van der Waals surface area contributed by atoms with E-state index in [0.29, 0.717) is 28.7 Å². The number of pyridine rings is 3. The van der Waals surface area contributed by atoms with E-state index in [-0.39, 0.29) is 11.3 Å². The second kappa shape index (κ2) is 7.78. The Morgan fingerprint density at radius 3 is 2.65 bits per heavy atom. The summed E-state index contributed by atoms with van der Waals surface area (Å²) in [6, 6.07) is 8.01. The van der Waals surface area contributed by atoms with Gasteiger partial charge < -0.3 is 4.98 Å². The van der Waals surface area contributed by atoms with E-state index in [2.05, 4.69) is 50.9 Å². The minimum Gasteiger partial charge on any atom is -0.335 e. The van der Waals surface area contributed by atoms with Crippen molar-refractivity contribution in [3.8, 4) is 0 Å². The summed E-state index contributed by atoms with van der Waals surface area (Å²) in [5.74, 6) is 0.00764. The SMILES string of the molecule is CC(C)(C)CC(=O)n1c2cncc(c2)c2cnc3[nH]nc(c4nc5c(cncc5c5ccc1s5)[nH]4)c3c2. The zero-order chi connectivity index (χ0) is 25.3. The first-order chi connectivity index (χ1) is 17.8. The van der Waals surface area contributed by atoms with E-state index in [1.54, 1.807) is 29.4 Å². The van der Waals surface area contributed by atoms with Gasteiger partial charge in [-0.15, -0.1) is 11.3 Å². The molecule has 7 rings (SSSR count). The number of aromatic amines is 2. The van der Waals surface area contributed by atoms with Gasteiger partial charge in [0, 0.05) is 45.9 Å². The van der Waals surface area contributed by atoms with E-state index in [1.165, 1.54) is 11.3 Å². The number of aromatic nitrogens is 8. The van der Waals surface area contributed by atoms with Gasteiger partial charge in [-0.25, -0.2) is 9.97 Å². The van der Waals surface area contributed by atoms with Gasteiger partial charge >= 0.3 is 0 Å². The predicted octanol–water partition coefficient (Wildman–Crippen LogP) is 6.30. The molecule has 7 aromatic heterocycles. The molecule has 0 unspecified atom stereocenters. The van der Waals surface area contributed by atoms with Gasteiger partial charge in [-0.1, -0.05) is 20.8 Å². The molecule has 0 aliphatic rings.